The van der Waals surface area contributed by atoms with Crippen molar-refractivity contribution in [2.75, 3.05) is 57.7 Å². The van der Waals surface area contributed by atoms with Crippen molar-refractivity contribution in [3.63, 3.8) is 0 Å². The number of hydrogen-bond acceptors (Lipinski definition) is 8. The second kappa shape index (κ2) is 13.2. The van der Waals surface area contributed by atoms with Gasteiger partial charge in [-0.1, -0.05) is 29.8 Å². The molecule has 1 spiro atoms. The minimum absolute atomic E-state index is 0.0123. The Hall–Kier alpha value is -3.75. The van der Waals surface area contributed by atoms with Gasteiger partial charge in [0.2, 0.25) is 0 Å². The molecular formula is C34H39ClF3N5O6. The van der Waals surface area contributed by atoms with Crippen LogP contribution in [0.2, 0.25) is 5.02 Å². The Kier molecular flexibility index (Phi) is 9.07. The van der Waals surface area contributed by atoms with Crippen LogP contribution in [0.15, 0.2) is 36.4 Å². The molecule has 49 heavy (non-hydrogen) atoms. The van der Waals surface area contributed by atoms with Crippen LogP contribution in [0, 0.1) is 5.92 Å². The molecule has 0 aliphatic carbocycles. The quantitative estimate of drug-likeness (QED) is 0.434. The number of halogens is 4. The summed E-state index contributed by atoms with van der Waals surface area (Å²) in [5.41, 5.74) is -0.842. The number of ether oxygens (including phenoxy) is 2. The van der Waals surface area contributed by atoms with E-state index in [1.54, 1.807) is 17.0 Å². The zero-order chi connectivity index (χ0) is 34.5. The van der Waals surface area contributed by atoms with Gasteiger partial charge >= 0.3 is 18.4 Å². The van der Waals surface area contributed by atoms with Crippen molar-refractivity contribution in [3.8, 4) is 5.75 Å². The highest BCUT2D eigenvalue weighted by atomic mass is 35.5. The first-order chi connectivity index (χ1) is 23.4. The zero-order valence-electron chi connectivity index (χ0n) is 26.9. The van der Waals surface area contributed by atoms with Crippen LogP contribution in [0.3, 0.4) is 0 Å². The lowest BCUT2D eigenvalue weighted by Crippen LogP contribution is -2.62. The molecule has 2 N–H and O–H groups in total. The van der Waals surface area contributed by atoms with E-state index in [0.717, 1.165) is 43.1 Å². The molecule has 5 saturated heterocycles. The minimum atomic E-state index is -4.90. The van der Waals surface area contributed by atoms with Gasteiger partial charge in [0, 0.05) is 64.1 Å². The van der Waals surface area contributed by atoms with Gasteiger partial charge in [-0.25, -0.2) is 9.59 Å². The number of fused-ring (bicyclic) bond motifs is 5. The molecule has 15 heteroatoms. The van der Waals surface area contributed by atoms with Crippen molar-refractivity contribution in [2.24, 2.45) is 5.92 Å². The number of carbonyl (C=O) groups excluding carboxylic acids is 3. The van der Waals surface area contributed by atoms with E-state index >= 15 is 0 Å². The number of piperidine rings is 4. The number of alkyl halides is 3. The van der Waals surface area contributed by atoms with Crippen LogP contribution in [0.1, 0.15) is 48.8 Å². The molecule has 0 saturated carbocycles. The molecule has 264 valence electrons. The summed E-state index contributed by atoms with van der Waals surface area (Å²) in [6, 6.07) is 9.18. The number of nitrogens with one attached hydrogen (secondary N) is 1. The highest BCUT2D eigenvalue weighted by molar-refractivity contribution is 6.32. The summed E-state index contributed by atoms with van der Waals surface area (Å²) in [5.74, 6) is -0.896. The van der Waals surface area contributed by atoms with E-state index in [0.29, 0.717) is 38.0 Å². The van der Waals surface area contributed by atoms with Crippen LogP contribution >= 0.6 is 11.6 Å². The standard InChI is InChI=1S/C34H39ClF3N5O6/c35-25-18-22(17-24(29(25)44)34(36,37)38)19-27(30(45)42-15-13-41(14-16-42)28-20-21-5-9-40(28)10-6-21)48-32(47)43-11-7-33(8-12-43)23-3-1-2-4-26(23)39-31(46)49-33/h1-4,17-18,21,27-28,44H,5-16,19-20H2,(H,39,46)/t27-,28?/m1/s1. The van der Waals surface area contributed by atoms with Gasteiger partial charge in [-0.15, -0.1) is 0 Å². The monoisotopic (exact) mass is 705 g/mol. The predicted octanol–water partition coefficient (Wildman–Crippen LogP) is 5.25. The summed E-state index contributed by atoms with van der Waals surface area (Å²) in [6.07, 6.45) is -3.65. The normalized spacial score (nSPS) is 25.7. The molecule has 2 aromatic rings. The molecule has 3 amide bonds. The third kappa shape index (κ3) is 6.74. The van der Waals surface area contributed by atoms with Crippen molar-refractivity contribution in [1.29, 1.82) is 0 Å². The van der Waals surface area contributed by atoms with E-state index in [9.17, 15) is 32.7 Å². The molecule has 2 bridgehead atoms. The molecule has 6 aliphatic rings. The lowest BCUT2D eigenvalue weighted by molar-refractivity contribution is -0.145. The number of amides is 3. The van der Waals surface area contributed by atoms with E-state index < -0.39 is 52.3 Å². The first-order valence-corrected chi connectivity index (χ1v) is 17.2. The van der Waals surface area contributed by atoms with Crippen LogP contribution < -0.4 is 5.32 Å². The largest absolute Gasteiger partial charge is 0.506 e. The summed E-state index contributed by atoms with van der Waals surface area (Å²) in [4.78, 5) is 47.9. The molecule has 6 aliphatic heterocycles. The summed E-state index contributed by atoms with van der Waals surface area (Å²) in [6.45, 7) is 4.49. The van der Waals surface area contributed by atoms with Gasteiger partial charge < -0.3 is 24.4 Å². The molecule has 6 heterocycles. The fourth-order valence-electron chi connectivity index (χ4n) is 8.12. The second-order valence-corrected chi connectivity index (χ2v) is 14.1. The molecule has 1 unspecified atom stereocenters. The second-order valence-electron chi connectivity index (χ2n) is 13.6. The number of nitrogens with zero attached hydrogens (tertiary/aromatic N) is 4. The first-order valence-electron chi connectivity index (χ1n) is 16.8. The molecule has 0 aromatic heterocycles. The number of para-hydroxylation sites is 1. The Morgan fingerprint density at radius 3 is 2.33 bits per heavy atom. The smallest absolute Gasteiger partial charge is 0.420 e. The average molecular weight is 706 g/mol. The van der Waals surface area contributed by atoms with E-state index in [1.165, 1.54) is 17.7 Å². The number of carbonyl (C=O) groups is 3. The maximum atomic E-state index is 14.0. The molecule has 2 atom stereocenters. The minimum Gasteiger partial charge on any atom is -0.506 e. The SMILES string of the molecule is O=C1Nc2ccccc2C2(CCN(C(=O)O[C@H](Cc3cc(Cl)c(O)c(C(F)(F)F)c3)C(=O)N3CCN(C4CC5CCN4CC5)CC3)CC2)O1. The van der Waals surface area contributed by atoms with Gasteiger partial charge in [-0.2, -0.15) is 13.2 Å². The van der Waals surface area contributed by atoms with Crippen molar-refractivity contribution in [3.05, 3.63) is 58.1 Å². The van der Waals surface area contributed by atoms with Crippen LogP contribution in [0.25, 0.3) is 0 Å². The van der Waals surface area contributed by atoms with E-state index in [1.807, 2.05) is 12.1 Å². The van der Waals surface area contributed by atoms with Crippen LogP contribution in [-0.4, -0.2) is 107 Å². The van der Waals surface area contributed by atoms with Gasteiger partial charge in [-0.3, -0.25) is 19.9 Å². The number of hydrogen-bond donors (Lipinski definition) is 2. The maximum Gasteiger partial charge on any atom is 0.420 e. The topological polar surface area (TPSA) is 115 Å². The highest BCUT2D eigenvalue weighted by Gasteiger charge is 2.46. The number of aromatic hydroxyl groups is 1. The van der Waals surface area contributed by atoms with Crippen molar-refractivity contribution >= 4 is 35.4 Å². The summed E-state index contributed by atoms with van der Waals surface area (Å²) >= 11 is 5.99. The number of benzene rings is 2. The summed E-state index contributed by atoms with van der Waals surface area (Å²) in [5, 5.41) is 12.2. The van der Waals surface area contributed by atoms with Gasteiger partial charge in [0.15, 0.2) is 6.10 Å². The number of rotatable bonds is 5. The van der Waals surface area contributed by atoms with E-state index in [2.05, 4.69) is 15.1 Å². The molecule has 0 radical (unpaired) electrons. The number of piperazine rings is 1. The lowest BCUT2D eigenvalue weighted by atomic mass is 9.82. The number of likely N-dealkylation sites (tertiary alicyclic amines) is 1. The van der Waals surface area contributed by atoms with Gasteiger partial charge in [0.25, 0.3) is 5.91 Å². The predicted molar refractivity (Wildman–Crippen MR) is 172 cm³/mol. The molecule has 5 fully saturated rings. The van der Waals surface area contributed by atoms with E-state index in [-0.39, 0.29) is 37.9 Å². The van der Waals surface area contributed by atoms with Crippen LogP contribution in [-0.2, 0) is 32.5 Å². The summed E-state index contributed by atoms with van der Waals surface area (Å²) in [7, 11) is 0. The Morgan fingerprint density at radius 2 is 1.67 bits per heavy atom. The third-order valence-corrected chi connectivity index (χ3v) is 11.1. The van der Waals surface area contributed by atoms with Gasteiger partial charge in [0.1, 0.15) is 11.4 Å². The van der Waals surface area contributed by atoms with Crippen molar-refractivity contribution in [2.45, 2.75) is 62.6 Å². The third-order valence-electron chi connectivity index (χ3n) is 10.8. The maximum absolute atomic E-state index is 14.0. The van der Waals surface area contributed by atoms with E-state index in [4.69, 9.17) is 21.1 Å². The Bertz CT molecular complexity index is 1600. The van der Waals surface area contributed by atoms with Crippen LogP contribution in [0.4, 0.5) is 28.4 Å². The van der Waals surface area contributed by atoms with Crippen molar-refractivity contribution in [1.82, 2.24) is 19.6 Å². The molecular weight excluding hydrogens is 667 g/mol. The fourth-order valence-corrected chi connectivity index (χ4v) is 8.36. The lowest BCUT2D eigenvalue weighted by Gasteiger charge is -2.51. The molecule has 11 nitrogen and oxygen atoms in total. The van der Waals surface area contributed by atoms with Gasteiger partial charge in [-0.05, 0) is 62.0 Å². The van der Waals surface area contributed by atoms with Crippen molar-refractivity contribution < 1.29 is 42.1 Å². The zero-order valence-corrected chi connectivity index (χ0v) is 27.6. The molecule has 8 rings (SSSR count). The Morgan fingerprint density at radius 1 is 1.00 bits per heavy atom. The average Bonchev–Trinajstić information content (AvgIpc) is 3.09. The Labute approximate surface area is 286 Å². The fraction of sp³-hybridized carbons (Fsp3) is 0.559. The van der Waals surface area contributed by atoms with Gasteiger partial charge in [0.05, 0.1) is 22.4 Å². The first kappa shape index (κ1) is 33.7. The van der Waals surface area contributed by atoms with Crippen LogP contribution in [0.5, 0.6) is 5.75 Å². The number of phenolic OH excluding ortho intramolecular Hbond substituents is 1. The highest BCUT2D eigenvalue weighted by Crippen LogP contribution is 2.44. The number of phenols is 1. The molecule has 2 aromatic carbocycles. The summed E-state index contributed by atoms with van der Waals surface area (Å²) < 4.78 is 52.8. The number of anilines is 1. The Balaban J connectivity index is 1.07.